The highest BCUT2D eigenvalue weighted by atomic mass is 79.9. The summed E-state index contributed by atoms with van der Waals surface area (Å²) >= 11 is 7.47. The van der Waals surface area contributed by atoms with Crippen LogP contribution in [0.5, 0.6) is 0 Å². The Morgan fingerprint density at radius 1 is 1.37 bits per heavy atom. The molecule has 4 heteroatoms. The molecule has 19 heavy (non-hydrogen) atoms. The number of halogens is 2. The van der Waals surface area contributed by atoms with Gasteiger partial charge in [-0.1, -0.05) is 50.8 Å². The van der Waals surface area contributed by atoms with Gasteiger partial charge >= 0.3 is 0 Å². The summed E-state index contributed by atoms with van der Waals surface area (Å²) in [6.45, 7) is 2.17. The summed E-state index contributed by atoms with van der Waals surface area (Å²) in [5.41, 5.74) is 0. The molecule has 2 heterocycles. The van der Waals surface area contributed by atoms with Crippen LogP contribution in [-0.4, -0.2) is 34.1 Å². The second-order valence-electron chi connectivity index (χ2n) is 5.14. The van der Waals surface area contributed by atoms with Gasteiger partial charge in [-0.15, -0.1) is 6.42 Å². The van der Waals surface area contributed by atoms with Gasteiger partial charge in [-0.05, 0) is 25.3 Å². The van der Waals surface area contributed by atoms with E-state index in [4.69, 9.17) is 15.9 Å². The Morgan fingerprint density at radius 2 is 2.16 bits per heavy atom. The van der Waals surface area contributed by atoms with Gasteiger partial charge in [0.1, 0.15) is 0 Å². The van der Waals surface area contributed by atoms with E-state index in [1.807, 2.05) is 6.08 Å². The van der Waals surface area contributed by atoms with E-state index in [-0.39, 0.29) is 24.4 Å². The topological polar surface area (TPSA) is 18.5 Å². The Kier molecular flexibility index (Phi) is 5.95. The first-order chi connectivity index (χ1) is 9.15. The number of fused-ring (bicyclic) bond motifs is 2. The van der Waals surface area contributed by atoms with Crippen molar-refractivity contribution in [1.82, 2.24) is 0 Å². The molecule has 0 aliphatic carbocycles. The molecule has 2 bridgehead atoms. The van der Waals surface area contributed by atoms with Crippen LogP contribution in [0, 0.1) is 12.3 Å². The lowest BCUT2D eigenvalue weighted by molar-refractivity contribution is -0.0523. The largest absolute Gasteiger partial charge is 0.371 e. The van der Waals surface area contributed by atoms with E-state index in [9.17, 15) is 0 Å². The van der Waals surface area contributed by atoms with E-state index in [2.05, 4.69) is 44.7 Å². The number of terminal acetylenes is 1. The molecule has 2 nitrogen and oxygen atoms in total. The second kappa shape index (κ2) is 7.26. The molecule has 0 N–H and O–H groups in total. The van der Waals surface area contributed by atoms with Crippen molar-refractivity contribution in [3.63, 3.8) is 0 Å². The van der Waals surface area contributed by atoms with Gasteiger partial charge in [-0.2, -0.15) is 0 Å². The van der Waals surface area contributed by atoms with E-state index in [1.165, 1.54) is 0 Å². The molecule has 6 unspecified atom stereocenters. The third-order valence-electron chi connectivity index (χ3n) is 3.82. The number of alkyl halides is 2. The maximum absolute atomic E-state index is 6.28. The lowest BCUT2D eigenvalue weighted by Crippen LogP contribution is -2.36. The summed E-state index contributed by atoms with van der Waals surface area (Å²) in [4.78, 5) is 0.828. The molecule has 0 saturated carbocycles. The summed E-state index contributed by atoms with van der Waals surface area (Å²) in [7, 11) is 0. The second-order valence-corrected chi connectivity index (χ2v) is 7.49. The molecular weight excluding hydrogens is 372 g/mol. The predicted molar refractivity (Wildman–Crippen MR) is 84.9 cm³/mol. The van der Waals surface area contributed by atoms with Crippen molar-refractivity contribution >= 4 is 31.9 Å². The van der Waals surface area contributed by atoms with Crippen LogP contribution < -0.4 is 0 Å². The van der Waals surface area contributed by atoms with Crippen LogP contribution in [0.1, 0.15) is 32.6 Å². The highest BCUT2D eigenvalue weighted by molar-refractivity contribution is 9.09. The van der Waals surface area contributed by atoms with Crippen LogP contribution in [0.4, 0.5) is 0 Å². The summed E-state index contributed by atoms with van der Waals surface area (Å²) < 4.78 is 12.4. The fourth-order valence-corrected chi connectivity index (χ4v) is 3.80. The monoisotopic (exact) mass is 390 g/mol. The zero-order valence-electron chi connectivity index (χ0n) is 11.1. The lowest BCUT2D eigenvalue weighted by Gasteiger charge is -2.29. The number of rotatable bonds is 4. The molecule has 6 atom stereocenters. The van der Waals surface area contributed by atoms with Crippen LogP contribution in [0.15, 0.2) is 12.2 Å². The van der Waals surface area contributed by atoms with Crippen molar-refractivity contribution in [3.8, 4) is 12.3 Å². The van der Waals surface area contributed by atoms with Crippen molar-refractivity contribution in [2.75, 3.05) is 0 Å². The van der Waals surface area contributed by atoms with E-state index in [1.54, 1.807) is 6.08 Å². The molecule has 0 aromatic rings. The first-order valence-corrected chi connectivity index (χ1v) is 8.69. The van der Waals surface area contributed by atoms with E-state index in [0.717, 1.165) is 25.7 Å². The van der Waals surface area contributed by atoms with E-state index in [0.29, 0.717) is 9.65 Å². The van der Waals surface area contributed by atoms with Crippen molar-refractivity contribution in [2.45, 2.75) is 66.7 Å². The zero-order valence-corrected chi connectivity index (χ0v) is 14.3. The molecule has 2 fully saturated rings. The standard InChI is InChI=1S/C15H20Br2O2/c1-3-5-6-7-12-15-8-11(17)14(19-15)9-13(18-12)10(16)4-2/h1,5-6,10-15H,4,7-9H2,2H3/b6-5+. The summed E-state index contributed by atoms with van der Waals surface area (Å²) in [6, 6.07) is 0. The maximum Gasteiger partial charge on any atom is 0.0876 e. The van der Waals surface area contributed by atoms with Crippen molar-refractivity contribution in [3.05, 3.63) is 12.2 Å². The quantitative estimate of drug-likeness (QED) is 0.535. The van der Waals surface area contributed by atoms with Crippen molar-refractivity contribution in [2.24, 2.45) is 0 Å². The molecule has 0 radical (unpaired) electrons. The molecule has 2 rings (SSSR count). The molecule has 106 valence electrons. The lowest BCUT2D eigenvalue weighted by atomic mass is 9.99. The molecule has 0 aromatic heterocycles. The summed E-state index contributed by atoms with van der Waals surface area (Å²) in [6.07, 6.45) is 13.6. The molecule has 2 saturated heterocycles. The van der Waals surface area contributed by atoms with Crippen LogP contribution in [-0.2, 0) is 9.47 Å². The summed E-state index contributed by atoms with van der Waals surface area (Å²) in [5, 5.41) is 0. The molecule has 0 amide bonds. The number of ether oxygens (including phenoxy) is 2. The normalized spacial score (nSPS) is 40.0. The predicted octanol–water partition coefficient (Wildman–Crippen LogP) is 3.82. The Balaban J connectivity index is 2.07. The molecule has 0 aromatic carbocycles. The third kappa shape index (κ3) is 3.85. The Labute approximate surface area is 132 Å². The van der Waals surface area contributed by atoms with Gasteiger partial charge < -0.3 is 9.47 Å². The average Bonchev–Trinajstić information content (AvgIpc) is 2.66. The first kappa shape index (κ1) is 15.6. The van der Waals surface area contributed by atoms with Gasteiger partial charge in [0.15, 0.2) is 0 Å². The minimum atomic E-state index is 0.105. The molecular formula is C15H20Br2O2. The zero-order chi connectivity index (χ0) is 13.8. The van der Waals surface area contributed by atoms with E-state index >= 15 is 0 Å². The van der Waals surface area contributed by atoms with Gasteiger partial charge in [0.2, 0.25) is 0 Å². The maximum atomic E-state index is 6.28. The highest BCUT2D eigenvalue weighted by Crippen LogP contribution is 2.38. The minimum absolute atomic E-state index is 0.105. The Morgan fingerprint density at radius 3 is 2.84 bits per heavy atom. The molecule has 0 spiro atoms. The van der Waals surface area contributed by atoms with Gasteiger partial charge in [0.25, 0.3) is 0 Å². The highest BCUT2D eigenvalue weighted by Gasteiger charge is 2.44. The molecule has 2 aliphatic heterocycles. The fourth-order valence-electron chi connectivity index (χ4n) is 2.75. The smallest absolute Gasteiger partial charge is 0.0876 e. The van der Waals surface area contributed by atoms with Crippen LogP contribution >= 0.6 is 31.9 Å². The number of allylic oxidation sites excluding steroid dienone is 1. The van der Waals surface area contributed by atoms with Gasteiger partial charge in [-0.25, -0.2) is 0 Å². The minimum Gasteiger partial charge on any atom is -0.371 e. The Bertz CT molecular complexity index is 364. The van der Waals surface area contributed by atoms with Crippen LogP contribution in [0.2, 0.25) is 0 Å². The Hall–Kier alpha value is 0.180. The van der Waals surface area contributed by atoms with Crippen LogP contribution in [0.25, 0.3) is 0 Å². The molecule has 2 aliphatic rings. The van der Waals surface area contributed by atoms with Crippen molar-refractivity contribution in [1.29, 1.82) is 0 Å². The average molecular weight is 392 g/mol. The van der Waals surface area contributed by atoms with Crippen LogP contribution in [0.3, 0.4) is 0 Å². The SMILES string of the molecule is C#C/C=C/CC1OC(C(Br)CC)CC2OC1CC2Br. The number of hydrogen-bond acceptors (Lipinski definition) is 2. The van der Waals surface area contributed by atoms with Gasteiger partial charge in [0, 0.05) is 16.1 Å². The fraction of sp³-hybridized carbons (Fsp3) is 0.733. The first-order valence-electron chi connectivity index (χ1n) is 6.85. The van der Waals surface area contributed by atoms with Gasteiger partial charge in [0.05, 0.1) is 24.4 Å². The van der Waals surface area contributed by atoms with E-state index < -0.39 is 0 Å². The van der Waals surface area contributed by atoms with Crippen molar-refractivity contribution < 1.29 is 9.47 Å². The third-order valence-corrected chi connectivity index (χ3v) is 6.02. The van der Waals surface area contributed by atoms with Gasteiger partial charge in [-0.3, -0.25) is 0 Å². The number of hydrogen-bond donors (Lipinski definition) is 0. The summed E-state index contributed by atoms with van der Waals surface area (Å²) in [5.74, 6) is 2.52.